The van der Waals surface area contributed by atoms with Gasteiger partial charge in [-0.15, -0.1) is 0 Å². The molecule has 0 radical (unpaired) electrons. The highest BCUT2D eigenvalue weighted by Gasteiger charge is 2.08. The van der Waals surface area contributed by atoms with E-state index in [1.807, 2.05) is 6.21 Å². The summed E-state index contributed by atoms with van der Waals surface area (Å²) in [6.07, 6.45) is 7.15. The molecule has 1 atom stereocenters. The molecule has 0 spiro atoms. The Hall–Kier alpha value is -2.08. The van der Waals surface area contributed by atoms with E-state index in [0.717, 1.165) is 19.3 Å². The van der Waals surface area contributed by atoms with Crippen molar-refractivity contribution in [2.75, 3.05) is 0 Å². The van der Waals surface area contributed by atoms with E-state index in [2.05, 4.69) is 42.1 Å². The first-order chi connectivity index (χ1) is 11.5. The van der Waals surface area contributed by atoms with Crippen molar-refractivity contribution in [2.45, 2.75) is 40.0 Å². The third-order valence-electron chi connectivity index (χ3n) is 3.65. The summed E-state index contributed by atoms with van der Waals surface area (Å²) in [4.78, 5) is 0. The molecule has 2 aromatic rings. The largest absolute Gasteiger partial charge is 0.250 e. The number of allylic oxidation sites excluding steroid dienone is 2. The molecule has 4 nitrogen and oxygen atoms in total. The molecule has 128 valence electrons. The van der Waals surface area contributed by atoms with Gasteiger partial charge in [0.05, 0.1) is 0 Å². The molecule has 6 heteroatoms. The van der Waals surface area contributed by atoms with E-state index in [1.165, 1.54) is 22.4 Å². The summed E-state index contributed by atoms with van der Waals surface area (Å²) >= 11 is 5.21. The zero-order chi connectivity index (χ0) is 17.5. The molecule has 0 amide bonds. The van der Waals surface area contributed by atoms with Crippen molar-refractivity contribution in [1.29, 1.82) is 0 Å². The van der Waals surface area contributed by atoms with Crippen molar-refractivity contribution in [3.8, 4) is 11.4 Å². The fraction of sp³-hybridized carbons (Fsp3) is 0.389. The smallest absolute Gasteiger partial charge is 0.216 e. The molecule has 24 heavy (non-hydrogen) atoms. The van der Waals surface area contributed by atoms with E-state index in [-0.39, 0.29) is 5.82 Å². The van der Waals surface area contributed by atoms with Crippen LogP contribution in [-0.4, -0.2) is 21.1 Å². The van der Waals surface area contributed by atoms with Crippen LogP contribution in [-0.2, 0) is 0 Å². The average molecular weight is 346 g/mol. The van der Waals surface area contributed by atoms with Crippen LogP contribution in [0.25, 0.3) is 11.4 Å². The minimum Gasteiger partial charge on any atom is -0.250 e. The molecule has 1 aromatic carbocycles. The van der Waals surface area contributed by atoms with E-state index in [1.54, 1.807) is 12.1 Å². The zero-order valence-corrected chi connectivity index (χ0v) is 15.1. The Morgan fingerprint density at radius 2 is 2.25 bits per heavy atom. The van der Waals surface area contributed by atoms with Gasteiger partial charge in [-0.25, -0.2) is 9.49 Å². The van der Waals surface area contributed by atoms with Gasteiger partial charge in [0.1, 0.15) is 5.82 Å². The number of hydrogen-bond acceptors (Lipinski definition) is 3. The highest BCUT2D eigenvalue weighted by molar-refractivity contribution is 7.71. The first-order valence-corrected chi connectivity index (χ1v) is 8.47. The quantitative estimate of drug-likeness (QED) is 0.417. The van der Waals surface area contributed by atoms with Crippen molar-refractivity contribution in [3.63, 3.8) is 0 Å². The Labute approximate surface area is 147 Å². The number of halogens is 1. The summed E-state index contributed by atoms with van der Waals surface area (Å²) < 4.78 is 15.3. The number of rotatable bonds is 7. The van der Waals surface area contributed by atoms with Crippen LogP contribution < -0.4 is 0 Å². The van der Waals surface area contributed by atoms with Crippen LogP contribution in [0.15, 0.2) is 41.0 Å². The minimum atomic E-state index is -0.315. The molecule has 1 heterocycles. The Morgan fingerprint density at radius 3 is 2.96 bits per heavy atom. The molecule has 0 aliphatic heterocycles. The van der Waals surface area contributed by atoms with E-state index < -0.39 is 0 Å². The van der Waals surface area contributed by atoms with E-state index >= 15 is 0 Å². The molecule has 0 aliphatic carbocycles. The van der Waals surface area contributed by atoms with Gasteiger partial charge in [0, 0.05) is 11.8 Å². The Morgan fingerprint density at radius 1 is 1.46 bits per heavy atom. The molecule has 0 unspecified atom stereocenters. The van der Waals surface area contributed by atoms with Gasteiger partial charge in [-0.3, -0.25) is 0 Å². The fourth-order valence-electron chi connectivity index (χ4n) is 2.30. The highest BCUT2D eigenvalue weighted by Crippen LogP contribution is 2.18. The van der Waals surface area contributed by atoms with Gasteiger partial charge in [0.15, 0.2) is 5.82 Å². The van der Waals surface area contributed by atoms with Crippen LogP contribution in [0.1, 0.15) is 40.0 Å². The molecular weight excluding hydrogens is 323 g/mol. The SMILES string of the molecule is CC(C)=CCC[C@H](C)C/C=N\n1c(-c2cccc(F)c2)n[nH]c1=S. The molecule has 2 rings (SSSR count). The predicted octanol–water partition coefficient (Wildman–Crippen LogP) is 5.35. The maximum Gasteiger partial charge on any atom is 0.216 e. The van der Waals surface area contributed by atoms with Crippen molar-refractivity contribution < 1.29 is 4.39 Å². The second kappa shape index (κ2) is 8.68. The predicted molar refractivity (Wildman–Crippen MR) is 99.1 cm³/mol. The van der Waals surface area contributed by atoms with Crippen LogP contribution >= 0.6 is 12.2 Å². The number of aromatic nitrogens is 3. The summed E-state index contributed by atoms with van der Waals surface area (Å²) in [5.74, 6) is 0.723. The summed E-state index contributed by atoms with van der Waals surface area (Å²) in [6.45, 7) is 6.43. The Kier molecular flexibility index (Phi) is 6.61. The van der Waals surface area contributed by atoms with Crippen molar-refractivity contribution in [2.24, 2.45) is 11.0 Å². The third kappa shape index (κ3) is 5.23. The van der Waals surface area contributed by atoms with E-state index in [4.69, 9.17) is 12.2 Å². The van der Waals surface area contributed by atoms with Gasteiger partial charge in [-0.1, -0.05) is 30.7 Å². The lowest BCUT2D eigenvalue weighted by molar-refractivity contribution is 0.561. The molecule has 0 saturated carbocycles. The first kappa shape index (κ1) is 18.3. The molecule has 0 aliphatic rings. The lowest BCUT2D eigenvalue weighted by Crippen LogP contribution is -1.98. The number of H-pyrrole nitrogens is 1. The minimum absolute atomic E-state index is 0.315. The van der Waals surface area contributed by atoms with Gasteiger partial charge < -0.3 is 0 Å². The summed E-state index contributed by atoms with van der Waals surface area (Å²) in [6, 6.07) is 6.23. The standard InChI is InChI=1S/C18H23FN4S/c1-13(2)6-4-7-14(3)10-11-20-23-17(21-22-18(23)24)15-8-5-9-16(19)12-15/h5-6,8-9,11-12,14H,4,7,10H2,1-3H3,(H,22,24)/b20-11-/t14-/m0/s1. The molecule has 0 fully saturated rings. The maximum absolute atomic E-state index is 13.4. The Bertz CT molecular complexity index is 784. The van der Waals surface area contributed by atoms with E-state index in [9.17, 15) is 4.39 Å². The number of benzene rings is 1. The zero-order valence-electron chi connectivity index (χ0n) is 14.3. The van der Waals surface area contributed by atoms with Gasteiger partial charge in [-0.05, 0) is 63.4 Å². The number of hydrogen-bond donors (Lipinski definition) is 1. The van der Waals surface area contributed by atoms with Crippen LogP contribution in [0.5, 0.6) is 0 Å². The van der Waals surface area contributed by atoms with Crippen molar-refractivity contribution in [1.82, 2.24) is 14.9 Å². The van der Waals surface area contributed by atoms with Crippen molar-refractivity contribution in [3.05, 3.63) is 46.5 Å². The number of nitrogens with zero attached hydrogens (tertiary/aromatic N) is 3. The van der Waals surface area contributed by atoms with Gasteiger partial charge in [-0.2, -0.15) is 14.9 Å². The lowest BCUT2D eigenvalue weighted by atomic mass is 10.0. The van der Waals surface area contributed by atoms with Gasteiger partial charge in [0.25, 0.3) is 0 Å². The molecule has 1 N–H and O–H groups in total. The average Bonchev–Trinajstić information content (AvgIpc) is 2.88. The summed E-state index contributed by atoms with van der Waals surface area (Å²) in [5, 5.41) is 11.3. The third-order valence-corrected chi connectivity index (χ3v) is 3.91. The van der Waals surface area contributed by atoms with Gasteiger partial charge in [0.2, 0.25) is 4.77 Å². The second-order valence-corrected chi connectivity index (χ2v) is 6.56. The summed E-state index contributed by atoms with van der Waals surface area (Å²) in [5.41, 5.74) is 1.98. The highest BCUT2D eigenvalue weighted by atomic mass is 32.1. The van der Waals surface area contributed by atoms with Crippen molar-refractivity contribution >= 4 is 18.4 Å². The summed E-state index contributed by atoms with van der Waals surface area (Å²) in [7, 11) is 0. The maximum atomic E-state index is 13.4. The first-order valence-electron chi connectivity index (χ1n) is 8.07. The fourth-order valence-corrected chi connectivity index (χ4v) is 2.48. The van der Waals surface area contributed by atoms with Gasteiger partial charge >= 0.3 is 0 Å². The van der Waals surface area contributed by atoms with E-state index in [0.29, 0.717) is 22.1 Å². The second-order valence-electron chi connectivity index (χ2n) is 6.17. The number of nitrogens with one attached hydrogen (secondary N) is 1. The van der Waals surface area contributed by atoms with Crippen LogP contribution in [0.3, 0.4) is 0 Å². The topological polar surface area (TPSA) is 46.0 Å². The normalized spacial score (nSPS) is 12.5. The van der Waals surface area contributed by atoms with Crippen LogP contribution in [0.4, 0.5) is 4.39 Å². The lowest BCUT2D eigenvalue weighted by Gasteiger charge is -2.06. The molecular formula is C18H23FN4S. The monoisotopic (exact) mass is 346 g/mol. The molecule has 0 saturated heterocycles. The molecule has 0 bridgehead atoms. The number of aromatic amines is 1. The Balaban J connectivity index is 2.06. The van der Waals surface area contributed by atoms with Crippen LogP contribution in [0.2, 0.25) is 0 Å². The van der Waals surface area contributed by atoms with Crippen LogP contribution in [0, 0.1) is 16.5 Å². The molecule has 1 aromatic heterocycles.